The van der Waals surface area contributed by atoms with Gasteiger partial charge in [0.2, 0.25) is 0 Å². The third-order valence-corrected chi connectivity index (χ3v) is 4.99. The Kier molecular flexibility index (Phi) is 6.91. The van der Waals surface area contributed by atoms with Crippen LogP contribution in [-0.2, 0) is 4.79 Å². The van der Waals surface area contributed by atoms with Gasteiger partial charge < -0.3 is 14.5 Å². The monoisotopic (exact) mass is 385 g/mol. The predicted molar refractivity (Wildman–Crippen MR) is 109 cm³/mol. The second kappa shape index (κ2) is 9.58. The van der Waals surface area contributed by atoms with Gasteiger partial charge in [-0.05, 0) is 36.8 Å². The van der Waals surface area contributed by atoms with Crippen molar-refractivity contribution >= 4 is 23.6 Å². The van der Waals surface area contributed by atoms with Gasteiger partial charge in [0.05, 0.1) is 32.7 Å². The van der Waals surface area contributed by atoms with Crippen LogP contribution in [0.25, 0.3) is 6.08 Å². The second-order valence-electron chi connectivity index (χ2n) is 6.81. The van der Waals surface area contributed by atoms with Gasteiger partial charge in [-0.15, -0.1) is 0 Å². The van der Waals surface area contributed by atoms with Crippen LogP contribution in [0.15, 0.2) is 60.7 Å². The lowest BCUT2D eigenvalue weighted by molar-refractivity contribution is -0.898. The maximum Gasteiger partial charge on any atom is 0.263 e. The van der Waals surface area contributed by atoms with Crippen molar-refractivity contribution in [3.63, 3.8) is 0 Å². The van der Waals surface area contributed by atoms with Crippen molar-refractivity contribution in [1.82, 2.24) is 4.90 Å². The van der Waals surface area contributed by atoms with Crippen LogP contribution in [-0.4, -0.2) is 49.6 Å². The van der Waals surface area contributed by atoms with Gasteiger partial charge in [-0.3, -0.25) is 4.79 Å². The van der Waals surface area contributed by atoms with E-state index in [0.717, 1.165) is 32.7 Å². The molecule has 1 fully saturated rings. The maximum absolute atomic E-state index is 12.6. The number of hydrogen-bond donors (Lipinski definition) is 1. The summed E-state index contributed by atoms with van der Waals surface area (Å²) in [5.41, 5.74) is 1.22. The molecular weight excluding hydrogens is 360 g/mol. The number of halogens is 1. The van der Waals surface area contributed by atoms with E-state index in [9.17, 15) is 4.79 Å². The zero-order chi connectivity index (χ0) is 19.1. The van der Waals surface area contributed by atoms with Gasteiger partial charge in [-0.1, -0.05) is 54.1 Å². The number of benzene rings is 2. The molecule has 27 heavy (non-hydrogen) atoms. The van der Waals surface area contributed by atoms with E-state index in [0.29, 0.717) is 10.8 Å². The molecule has 1 saturated heterocycles. The Labute approximate surface area is 166 Å². The Balaban J connectivity index is 1.44. The molecule has 0 spiro atoms. The minimum absolute atomic E-state index is 0.0360. The fourth-order valence-corrected chi connectivity index (χ4v) is 3.41. The summed E-state index contributed by atoms with van der Waals surface area (Å²) in [4.78, 5) is 16.0. The Morgan fingerprint density at radius 2 is 1.93 bits per heavy atom. The highest BCUT2D eigenvalue weighted by Gasteiger charge is 2.27. The lowest BCUT2D eigenvalue weighted by Gasteiger charge is -2.33. The molecular formula is C22H26ClN2O2+. The second-order valence-corrected chi connectivity index (χ2v) is 7.25. The van der Waals surface area contributed by atoms with E-state index in [1.165, 1.54) is 10.5 Å². The van der Waals surface area contributed by atoms with Gasteiger partial charge >= 0.3 is 0 Å². The Morgan fingerprint density at radius 3 is 2.63 bits per heavy atom. The van der Waals surface area contributed by atoms with Gasteiger partial charge in [0.25, 0.3) is 5.91 Å². The van der Waals surface area contributed by atoms with E-state index >= 15 is 0 Å². The summed E-state index contributed by atoms with van der Waals surface area (Å²) < 4.78 is 5.76. The van der Waals surface area contributed by atoms with E-state index < -0.39 is 6.10 Å². The number of rotatable bonds is 6. The summed E-state index contributed by atoms with van der Waals surface area (Å²) in [5, 5.41) is 0.605. The van der Waals surface area contributed by atoms with Crippen LogP contribution in [0.5, 0.6) is 5.75 Å². The number of amides is 1. The van der Waals surface area contributed by atoms with Crippen LogP contribution < -0.4 is 9.64 Å². The molecule has 2 aromatic rings. The summed E-state index contributed by atoms with van der Waals surface area (Å²) in [6, 6.07) is 17.5. The van der Waals surface area contributed by atoms with Crippen LogP contribution in [0.3, 0.4) is 0 Å². The molecule has 5 heteroatoms. The highest BCUT2D eigenvalue weighted by atomic mass is 35.5. The molecule has 142 valence electrons. The smallest absolute Gasteiger partial charge is 0.263 e. The van der Waals surface area contributed by atoms with Crippen molar-refractivity contribution in [2.75, 3.05) is 32.7 Å². The minimum Gasteiger partial charge on any atom is -0.481 e. The van der Waals surface area contributed by atoms with Crippen LogP contribution in [0.4, 0.5) is 0 Å². The first-order chi connectivity index (χ1) is 13.1. The van der Waals surface area contributed by atoms with E-state index in [-0.39, 0.29) is 5.91 Å². The van der Waals surface area contributed by atoms with Crippen molar-refractivity contribution < 1.29 is 14.4 Å². The molecule has 0 aliphatic carbocycles. The van der Waals surface area contributed by atoms with E-state index in [1.54, 1.807) is 19.1 Å². The van der Waals surface area contributed by atoms with Gasteiger partial charge in [-0.2, -0.15) is 0 Å². The first-order valence-corrected chi connectivity index (χ1v) is 9.76. The summed E-state index contributed by atoms with van der Waals surface area (Å²) in [6.07, 6.45) is 3.86. The predicted octanol–water partition coefficient (Wildman–Crippen LogP) is 2.55. The Hall–Kier alpha value is -2.30. The molecule has 1 aliphatic rings. The van der Waals surface area contributed by atoms with Crippen LogP contribution in [0.1, 0.15) is 12.5 Å². The summed E-state index contributed by atoms with van der Waals surface area (Å²) in [6.45, 7) is 6.20. The number of nitrogens with one attached hydrogen (secondary N) is 1. The van der Waals surface area contributed by atoms with Crippen LogP contribution in [0.2, 0.25) is 5.02 Å². The van der Waals surface area contributed by atoms with Gasteiger partial charge in [0.1, 0.15) is 5.75 Å². The van der Waals surface area contributed by atoms with Crippen molar-refractivity contribution in [3.05, 3.63) is 71.3 Å². The molecule has 0 saturated carbocycles. The average molecular weight is 386 g/mol. The zero-order valence-corrected chi connectivity index (χ0v) is 16.4. The molecule has 0 aromatic heterocycles. The first-order valence-electron chi connectivity index (χ1n) is 9.38. The fourth-order valence-electron chi connectivity index (χ4n) is 3.23. The van der Waals surface area contributed by atoms with Gasteiger partial charge in [0.15, 0.2) is 6.10 Å². The lowest BCUT2D eigenvalue weighted by atomic mass is 10.2. The average Bonchev–Trinajstić information content (AvgIpc) is 2.69. The molecule has 1 N–H and O–H groups in total. The van der Waals surface area contributed by atoms with Crippen molar-refractivity contribution in [2.24, 2.45) is 0 Å². The summed E-state index contributed by atoms with van der Waals surface area (Å²) >= 11 is 5.97. The molecule has 0 bridgehead atoms. The molecule has 4 nitrogen and oxygen atoms in total. The van der Waals surface area contributed by atoms with Gasteiger partial charge in [-0.25, -0.2) is 0 Å². The lowest BCUT2D eigenvalue weighted by Crippen LogP contribution is -3.14. The van der Waals surface area contributed by atoms with E-state index in [4.69, 9.17) is 16.3 Å². The zero-order valence-electron chi connectivity index (χ0n) is 15.6. The van der Waals surface area contributed by atoms with Gasteiger partial charge in [0, 0.05) is 5.02 Å². The normalized spacial score (nSPS) is 16.4. The third kappa shape index (κ3) is 5.84. The Bertz CT molecular complexity index is 771. The molecule has 1 heterocycles. The molecule has 0 radical (unpaired) electrons. The van der Waals surface area contributed by atoms with Crippen LogP contribution >= 0.6 is 11.6 Å². The number of hydrogen-bond acceptors (Lipinski definition) is 2. The summed E-state index contributed by atoms with van der Waals surface area (Å²) in [5.74, 6) is 0.660. The number of quaternary nitrogens is 1. The molecule has 1 aliphatic heterocycles. The minimum atomic E-state index is -0.511. The Morgan fingerprint density at radius 1 is 1.19 bits per heavy atom. The summed E-state index contributed by atoms with van der Waals surface area (Å²) in [7, 11) is 0. The van der Waals surface area contributed by atoms with E-state index in [1.807, 2.05) is 35.2 Å². The number of piperazine rings is 1. The van der Waals surface area contributed by atoms with Crippen LogP contribution in [0, 0.1) is 0 Å². The molecule has 2 aromatic carbocycles. The van der Waals surface area contributed by atoms with Crippen molar-refractivity contribution in [2.45, 2.75) is 13.0 Å². The highest BCUT2D eigenvalue weighted by molar-refractivity contribution is 6.30. The molecule has 3 rings (SSSR count). The SMILES string of the molecule is C[C@H](Oc1cccc(Cl)c1)C(=O)N1CC[NH+](C/C=C/c2ccccc2)CC1. The standard InChI is InChI=1S/C22H25ClN2O2/c1-18(27-21-11-5-10-20(23)17-21)22(26)25-15-13-24(14-16-25)12-6-9-19-7-3-2-4-8-19/h2-11,17-18H,12-16H2,1H3/p+1/b9-6+/t18-/m0/s1. The molecule has 0 unspecified atom stereocenters. The van der Waals surface area contributed by atoms with Crippen molar-refractivity contribution in [3.8, 4) is 5.75 Å². The largest absolute Gasteiger partial charge is 0.481 e. The number of ether oxygens (including phenoxy) is 1. The topological polar surface area (TPSA) is 34.0 Å². The molecule has 1 atom stereocenters. The first kappa shape index (κ1) is 19.5. The maximum atomic E-state index is 12.6. The number of carbonyl (C=O) groups is 1. The highest BCUT2D eigenvalue weighted by Crippen LogP contribution is 2.18. The van der Waals surface area contributed by atoms with E-state index in [2.05, 4.69) is 24.3 Å². The quantitative estimate of drug-likeness (QED) is 0.829. The number of nitrogens with zero attached hydrogens (tertiary/aromatic N) is 1. The third-order valence-electron chi connectivity index (χ3n) is 4.76. The fraction of sp³-hybridized carbons (Fsp3) is 0.318. The molecule has 1 amide bonds. The number of carbonyl (C=O) groups excluding carboxylic acids is 1. The van der Waals surface area contributed by atoms with Crippen molar-refractivity contribution in [1.29, 1.82) is 0 Å².